The highest BCUT2D eigenvalue weighted by Crippen LogP contribution is 2.32. The van der Waals surface area contributed by atoms with E-state index in [2.05, 4.69) is 15.7 Å². The van der Waals surface area contributed by atoms with Gasteiger partial charge in [-0.2, -0.15) is 5.11 Å². The van der Waals surface area contributed by atoms with Gasteiger partial charge in [0.25, 0.3) is 11.8 Å². The number of fused-ring (bicyclic) bond motifs is 1. The lowest BCUT2D eigenvalue weighted by Crippen LogP contribution is -2.43. The molecule has 0 spiro atoms. The normalized spacial score (nSPS) is 20.4. The van der Waals surface area contributed by atoms with Crippen LogP contribution in [0.5, 0.6) is 0 Å². The summed E-state index contributed by atoms with van der Waals surface area (Å²) in [4.78, 5) is 38.6. The van der Waals surface area contributed by atoms with E-state index in [4.69, 9.17) is 23.2 Å². The Kier molecular flexibility index (Phi) is 4.93. The molecule has 0 aromatic heterocycles. The zero-order chi connectivity index (χ0) is 20.7. The SMILES string of the molecule is O=C(CN1N=N[C@H]2C(=O)N(c3cccc(F)c3)C(=O)[C@@H]21)Nc1ccc(Cl)c(Cl)c1. The van der Waals surface area contributed by atoms with Crippen molar-refractivity contribution in [3.63, 3.8) is 0 Å². The van der Waals surface area contributed by atoms with Gasteiger partial charge in [0.2, 0.25) is 5.91 Å². The number of nitrogens with one attached hydrogen (secondary N) is 1. The predicted octanol–water partition coefficient (Wildman–Crippen LogP) is 3.06. The maximum atomic E-state index is 13.5. The van der Waals surface area contributed by atoms with Crippen molar-refractivity contribution >= 4 is 52.3 Å². The molecule has 2 aliphatic rings. The van der Waals surface area contributed by atoms with Crippen molar-refractivity contribution < 1.29 is 18.8 Å². The Hall–Kier alpha value is -3.04. The number of nitrogens with zero attached hydrogens (tertiary/aromatic N) is 4. The predicted molar refractivity (Wildman–Crippen MR) is 103 cm³/mol. The second-order valence-electron chi connectivity index (χ2n) is 6.36. The van der Waals surface area contributed by atoms with E-state index in [1.807, 2.05) is 0 Å². The van der Waals surface area contributed by atoms with Crippen molar-refractivity contribution in [2.45, 2.75) is 12.1 Å². The van der Waals surface area contributed by atoms with Crippen molar-refractivity contribution in [2.24, 2.45) is 10.3 Å². The van der Waals surface area contributed by atoms with Crippen LogP contribution in [0.1, 0.15) is 0 Å². The molecule has 1 N–H and O–H groups in total. The topological polar surface area (TPSA) is 94.4 Å². The fourth-order valence-corrected chi connectivity index (χ4v) is 3.44. The molecule has 0 aliphatic carbocycles. The molecule has 0 radical (unpaired) electrons. The van der Waals surface area contributed by atoms with Gasteiger partial charge in [-0.3, -0.25) is 19.4 Å². The first kappa shape index (κ1) is 19.3. The van der Waals surface area contributed by atoms with Gasteiger partial charge in [0.15, 0.2) is 12.1 Å². The van der Waals surface area contributed by atoms with Crippen molar-refractivity contribution in [2.75, 3.05) is 16.8 Å². The summed E-state index contributed by atoms with van der Waals surface area (Å²) in [5.74, 6) is -2.33. The number of imide groups is 1. The van der Waals surface area contributed by atoms with Crippen LogP contribution in [-0.4, -0.2) is 41.4 Å². The summed E-state index contributed by atoms with van der Waals surface area (Å²) in [5.41, 5.74) is 0.511. The number of halogens is 3. The summed E-state index contributed by atoms with van der Waals surface area (Å²) in [5, 5.41) is 12.0. The van der Waals surface area contributed by atoms with Gasteiger partial charge in [0, 0.05) is 5.69 Å². The van der Waals surface area contributed by atoms with E-state index in [1.54, 1.807) is 6.07 Å². The van der Waals surface area contributed by atoms with Gasteiger partial charge in [-0.15, -0.1) is 0 Å². The summed E-state index contributed by atoms with van der Waals surface area (Å²) >= 11 is 11.8. The van der Waals surface area contributed by atoms with Crippen LogP contribution >= 0.6 is 23.2 Å². The maximum Gasteiger partial charge on any atom is 0.263 e. The molecule has 1 saturated heterocycles. The molecule has 29 heavy (non-hydrogen) atoms. The van der Waals surface area contributed by atoms with Gasteiger partial charge in [0.1, 0.15) is 12.4 Å². The number of carbonyl (C=O) groups is 3. The number of anilines is 2. The molecule has 2 aromatic rings. The fourth-order valence-electron chi connectivity index (χ4n) is 3.15. The van der Waals surface area contributed by atoms with Crippen molar-refractivity contribution in [1.29, 1.82) is 0 Å². The summed E-state index contributed by atoms with van der Waals surface area (Å²) < 4.78 is 13.5. The molecule has 2 aliphatic heterocycles. The van der Waals surface area contributed by atoms with Gasteiger partial charge in [0.05, 0.1) is 15.7 Å². The number of benzene rings is 2. The standard InChI is InChI=1S/C18H12Cl2FN5O3/c19-12-5-4-10(7-13(12)20)22-14(27)8-25-16-15(23-24-25)17(28)26(18(16)29)11-3-1-2-9(21)6-11/h1-7,15-16H,8H2,(H,22,27)/t15-,16-/m1/s1. The lowest BCUT2D eigenvalue weighted by molar-refractivity contribution is -0.123. The van der Waals surface area contributed by atoms with Gasteiger partial charge >= 0.3 is 0 Å². The quantitative estimate of drug-likeness (QED) is 0.746. The molecule has 4 rings (SSSR count). The van der Waals surface area contributed by atoms with Gasteiger partial charge in [-0.05, 0) is 36.4 Å². The molecular weight excluding hydrogens is 424 g/mol. The lowest BCUT2D eigenvalue weighted by Gasteiger charge is -2.20. The van der Waals surface area contributed by atoms with E-state index in [0.29, 0.717) is 10.7 Å². The molecule has 1 fully saturated rings. The van der Waals surface area contributed by atoms with Crippen LogP contribution < -0.4 is 10.2 Å². The zero-order valence-corrected chi connectivity index (χ0v) is 16.1. The summed E-state index contributed by atoms with van der Waals surface area (Å²) in [7, 11) is 0. The molecule has 2 aromatic carbocycles. The minimum absolute atomic E-state index is 0.102. The van der Waals surface area contributed by atoms with Crippen LogP contribution in [0.25, 0.3) is 0 Å². The average molecular weight is 436 g/mol. The number of rotatable bonds is 4. The largest absolute Gasteiger partial charge is 0.324 e. The van der Waals surface area contributed by atoms with E-state index in [-0.39, 0.29) is 17.3 Å². The van der Waals surface area contributed by atoms with Gasteiger partial charge in [-0.25, -0.2) is 9.29 Å². The van der Waals surface area contributed by atoms with E-state index in [9.17, 15) is 18.8 Å². The number of amides is 3. The molecule has 8 nitrogen and oxygen atoms in total. The van der Waals surface area contributed by atoms with Crippen LogP contribution in [0.4, 0.5) is 15.8 Å². The summed E-state index contributed by atoms with van der Waals surface area (Å²) in [6.07, 6.45) is 0. The fraction of sp³-hybridized carbons (Fsp3) is 0.167. The Bertz CT molecular complexity index is 1060. The zero-order valence-electron chi connectivity index (χ0n) is 14.6. The molecule has 2 heterocycles. The first-order chi connectivity index (χ1) is 13.8. The van der Waals surface area contributed by atoms with E-state index < -0.39 is 35.6 Å². The minimum Gasteiger partial charge on any atom is -0.324 e. The van der Waals surface area contributed by atoms with Crippen LogP contribution in [0.15, 0.2) is 52.8 Å². The highest BCUT2D eigenvalue weighted by atomic mass is 35.5. The van der Waals surface area contributed by atoms with E-state index in [1.165, 1.54) is 30.3 Å². The molecule has 2 atom stereocenters. The highest BCUT2D eigenvalue weighted by Gasteiger charge is 2.55. The van der Waals surface area contributed by atoms with Crippen molar-refractivity contribution in [3.8, 4) is 0 Å². The second kappa shape index (κ2) is 7.41. The van der Waals surface area contributed by atoms with E-state index in [0.717, 1.165) is 16.0 Å². The summed E-state index contributed by atoms with van der Waals surface area (Å²) in [6, 6.07) is 7.55. The molecule has 11 heteroatoms. The van der Waals surface area contributed by atoms with Crippen molar-refractivity contribution in [1.82, 2.24) is 5.01 Å². The van der Waals surface area contributed by atoms with Crippen LogP contribution in [0.2, 0.25) is 10.0 Å². The van der Waals surface area contributed by atoms with E-state index >= 15 is 0 Å². The average Bonchev–Trinajstić information content (AvgIpc) is 3.18. The number of carbonyl (C=O) groups excluding carboxylic acids is 3. The second-order valence-corrected chi connectivity index (χ2v) is 7.18. The molecule has 0 saturated carbocycles. The third-order valence-corrected chi connectivity index (χ3v) is 5.17. The Balaban J connectivity index is 1.49. The molecule has 0 bridgehead atoms. The third-order valence-electron chi connectivity index (χ3n) is 4.43. The Labute approximate surface area is 173 Å². The first-order valence-electron chi connectivity index (χ1n) is 8.41. The maximum absolute atomic E-state index is 13.5. The Morgan fingerprint density at radius 3 is 2.62 bits per heavy atom. The summed E-state index contributed by atoms with van der Waals surface area (Å²) in [6.45, 7) is -0.319. The molecule has 3 amide bonds. The Morgan fingerprint density at radius 1 is 1.10 bits per heavy atom. The van der Waals surface area contributed by atoms with Crippen molar-refractivity contribution in [3.05, 3.63) is 58.3 Å². The van der Waals surface area contributed by atoms with Crippen LogP contribution in [0, 0.1) is 5.82 Å². The van der Waals surface area contributed by atoms with Crippen LogP contribution in [0.3, 0.4) is 0 Å². The monoisotopic (exact) mass is 435 g/mol. The number of hydrogen-bond donors (Lipinski definition) is 1. The van der Waals surface area contributed by atoms with Gasteiger partial charge in [-0.1, -0.05) is 34.5 Å². The smallest absolute Gasteiger partial charge is 0.263 e. The highest BCUT2D eigenvalue weighted by molar-refractivity contribution is 6.42. The minimum atomic E-state index is -1.08. The van der Waals surface area contributed by atoms with Gasteiger partial charge < -0.3 is 5.32 Å². The molecular formula is C18H12Cl2FN5O3. The molecule has 0 unspecified atom stereocenters. The third kappa shape index (κ3) is 3.54. The number of hydrogen-bond acceptors (Lipinski definition) is 6. The Morgan fingerprint density at radius 2 is 1.90 bits per heavy atom. The first-order valence-corrected chi connectivity index (χ1v) is 9.16. The lowest BCUT2D eigenvalue weighted by atomic mass is 10.1. The van der Waals surface area contributed by atoms with Crippen LogP contribution in [-0.2, 0) is 14.4 Å². The molecule has 148 valence electrons.